The highest BCUT2D eigenvalue weighted by molar-refractivity contribution is 5.81. The van der Waals surface area contributed by atoms with Crippen molar-refractivity contribution in [1.29, 1.82) is 0 Å². The van der Waals surface area contributed by atoms with Crippen LogP contribution in [0.4, 0.5) is 0 Å². The van der Waals surface area contributed by atoms with Crippen LogP contribution in [0.25, 0.3) is 0 Å². The van der Waals surface area contributed by atoms with Gasteiger partial charge in [0.15, 0.2) is 0 Å². The molecule has 0 aromatic rings. The number of aliphatic carboxylic acids is 1. The fraction of sp³-hybridized carbons (Fsp3) is 0.882. The molecule has 0 aromatic carbocycles. The molecule has 4 unspecified atom stereocenters. The summed E-state index contributed by atoms with van der Waals surface area (Å²) in [6.07, 6.45) is 4.36. The van der Waals surface area contributed by atoms with E-state index in [0.717, 1.165) is 19.3 Å². The van der Waals surface area contributed by atoms with Crippen LogP contribution in [0.5, 0.6) is 0 Å². The highest BCUT2D eigenvalue weighted by Crippen LogP contribution is 2.27. The van der Waals surface area contributed by atoms with Crippen LogP contribution >= 0.6 is 0 Å². The molecule has 0 bridgehead atoms. The fourth-order valence-corrected chi connectivity index (χ4v) is 3.50. The normalized spacial score (nSPS) is 30.0. The van der Waals surface area contributed by atoms with Gasteiger partial charge in [0.25, 0.3) is 5.91 Å². The lowest BCUT2D eigenvalue weighted by Gasteiger charge is -2.36. The van der Waals surface area contributed by atoms with Gasteiger partial charge >= 0.3 is 5.97 Å². The monoisotopic (exact) mass is 327 g/mol. The Balaban J connectivity index is 1.89. The molecule has 23 heavy (non-hydrogen) atoms. The maximum atomic E-state index is 12.7. The molecule has 1 aliphatic heterocycles. The van der Waals surface area contributed by atoms with Gasteiger partial charge in [-0.25, -0.2) is 0 Å². The first kappa shape index (κ1) is 18.2. The smallest absolute Gasteiger partial charge is 0.306 e. The second-order valence-corrected chi connectivity index (χ2v) is 6.80. The van der Waals surface area contributed by atoms with Gasteiger partial charge in [-0.15, -0.1) is 0 Å². The molecule has 1 N–H and O–H groups in total. The standard InChI is InChI=1S/C17H29NO5/c1-3-15(23-13-6-4-5-12(2)9-13)17(21)18-7-8-22-14(11-18)10-16(19)20/h12-15H,3-11H2,1-2H3,(H,19,20). The van der Waals surface area contributed by atoms with Crippen LogP contribution in [0.1, 0.15) is 52.4 Å². The third kappa shape index (κ3) is 5.46. The van der Waals surface area contributed by atoms with E-state index in [1.807, 2.05) is 6.92 Å². The molecular weight excluding hydrogens is 298 g/mol. The number of carboxylic acids is 1. The number of carboxylic acid groups (broad SMARTS) is 1. The van der Waals surface area contributed by atoms with E-state index in [2.05, 4.69) is 6.92 Å². The molecule has 4 atom stereocenters. The van der Waals surface area contributed by atoms with Crippen molar-refractivity contribution in [3.8, 4) is 0 Å². The summed E-state index contributed by atoms with van der Waals surface area (Å²) in [7, 11) is 0. The van der Waals surface area contributed by atoms with Gasteiger partial charge in [0.1, 0.15) is 6.10 Å². The van der Waals surface area contributed by atoms with E-state index in [0.29, 0.717) is 32.0 Å². The van der Waals surface area contributed by atoms with E-state index in [-0.39, 0.29) is 18.4 Å². The van der Waals surface area contributed by atoms with Crippen molar-refractivity contribution < 1.29 is 24.2 Å². The minimum absolute atomic E-state index is 0.0237. The number of nitrogens with zero attached hydrogens (tertiary/aromatic N) is 1. The van der Waals surface area contributed by atoms with Gasteiger partial charge in [0, 0.05) is 13.1 Å². The Morgan fingerprint density at radius 2 is 2.17 bits per heavy atom. The Bertz CT molecular complexity index is 414. The van der Waals surface area contributed by atoms with Gasteiger partial charge in [-0.3, -0.25) is 9.59 Å². The Morgan fingerprint density at radius 3 is 2.83 bits per heavy atom. The van der Waals surface area contributed by atoms with Crippen LogP contribution in [0.15, 0.2) is 0 Å². The summed E-state index contributed by atoms with van der Waals surface area (Å²) < 4.78 is 11.5. The van der Waals surface area contributed by atoms with Crippen molar-refractivity contribution >= 4 is 11.9 Å². The van der Waals surface area contributed by atoms with Gasteiger partial charge < -0.3 is 19.5 Å². The SMILES string of the molecule is CCC(OC1CCCC(C)C1)C(=O)N1CCOC(CC(=O)O)C1. The zero-order valence-electron chi connectivity index (χ0n) is 14.2. The molecule has 1 saturated heterocycles. The summed E-state index contributed by atoms with van der Waals surface area (Å²) in [5.41, 5.74) is 0. The van der Waals surface area contributed by atoms with Crippen LogP contribution in [-0.2, 0) is 19.1 Å². The van der Waals surface area contributed by atoms with Crippen LogP contribution in [-0.4, -0.2) is 59.9 Å². The predicted octanol–water partition coefficient (Wildman–Crippen LogP) is 2.06. The summed E-state index contributed by atoms with van der Waals surface area (Å²) in [6, 6.07) is 0. The van der Waals surface area contributed by atoms with Crippen LogP contribution in [0, 0.1) is 5.92 Å². The number of ether oxygens (including phenoxy) is 2. The zero-order chi connectivity index (χ0) is 16.8. The Morgan fingerprint density at radius 1 is 1.39 bits per heavy atom. The molecule has 0 spiro atoms. The summed E-state index contributed by atoms with van der Waals surface area (Å²) in [6.45, 7) is 5.43. The van der Waals surface area contributed by atoms with Gasteiger partial charge in [-0.1, -0.05) is 26.7 Å². The van der Waals surface area contributed by atoms with Gasteiger partial charge in [0.05, 0.1) is 25.2 Å². The van der Waals surface area contributed by atoms with Crippen molar-refractivity contribution in [3.63, 3.8) is 0 Å². The molecule has 6 heteroatoms. The summed E-state index contributed by atoms with van der Waals surface area (Å²) in [4.78, 5) is 25.2. The number of amides is 1. The second kappa shape index (κ2) is 8.64. The van der Waals surface area contributed by atoms with Gasteiger partial charge in [-0.2, -0.15) is 0 Å². The van der Waals surface area contributed by atoms with Gasteiger partial charge in [0.2, 0.25) is 0 Å². The van der Waals surface area contributed by atoms with Crippen molar-refractivity contribution in [1.82, 2.24) is 4.90 Å². The van der Waals surface area contributed by atoms with E-state index in [9.17, 15) is 9.59 Å². The number of carbonyl (C=O) groups excluding carboxylic acids is 1. The van der Waals surface area contributed by atoms with Crippen LogP contribution < -0.4 is 0 Å². The number of morpholine rings is 1. The quantitative estimate of drug-likeness (QED) is 0.808. The van der Waals surface area contributed by atoms with E-state index < -0.39 is 18.2 Å². The molecule has 1 saturated carbocycles. The van der Waals surface area contributed by atoms with Crippen molar-refractivity contribution in [2.45, 2.75) is 70.7 Å². The largest absolute Gasteiger partial charge is 0.481 e. The molecule has 2 rings (SSSR count). The van der Waals surface area contributed by atoms with E-state index in [1.165, 1.54) is 6.42 Å². The molecule has 1 heterocycles. The Hall–Kier alpha value is -1.14. The summed E-state index contributed by atoms with van der Waals surface area (Å²) in [5, 5.41) is 8.88. The van der Waals surface area contributed by atoms with E-state index in [1.54, 1.807) is 4.90 Å². The fourth-order valence-electron chi connectivity index (χ4n) is 3.50. The predicted molar refractivity (Wildman–Crippen MR) is 85.2 cm³/mol. The van der Waals surface area contributed by atoms with E-state index in [4.69, 9.17) is 14.6 Å². The highest BCUT2D eigenvalue weighted by atomic mass is 16.5. The molecule has 1 amide bonds. The molecule has 2 fully saturated rings. The molecule has 1 aliphatic carbocycles. The average Bonchev–Trinajstić information content (AvgIpc) is 2.51. The molecule has 132 valence electrons. The summed E-state index contributed by atoms with van der Waals surface area (Å²) >= 11 is 0. The van der Waals surface area contributed by atoms with Crippen molar-refractivity contribution in [2.24, 2.45) is 5.92 Å². The molecular formula is C17H29NO5. The highest BCUT2D eigenvalue weighted by Gasteiger charge is 2.32. The molecule has 0 aromatic heterocycles. The first-order chi connectivity index (χ1) is 11.0. The first-order valence-corrected chi connectivity index (χ1v) is 8.77. The average molecular weight is 327 g/mol. The lowest BCUT2D eigenvalue weighted by atomic mass is 9.88. The van der Waals surface area contributed by atoms with E-state index >= 15 is 0 Å². The Labute approximate surface area is 138 Å². The van der Waals surface area contributed by atoms with Crippen LogP contribution in [0.2, 0.25) is 0 Å². The third-order valence-corrected chi connectivity index (χ3v) is 4.74. The first-order valence-electron chi connectivity index (χ1n) is 8.77. The maximum absolute atomic E-state index is 12.7. The second-order valence-electron chi connectivity index (χ2n) is 6.80. The number of hydrogen-bond acceptors (Lipinski definition) is 4. The maximum Gasteiger partial charge on any atom is 0.306 e. The van der Waals surface area contributed by atoms with Crippen molar-refractivity contribution in [3.05, 3.63) is 0 Å². The third-order valence-electron chi connectivity index (χ3n) is 4.74. The minimum Gasteiger partial charge on any atom is -0.481 e. The lowest BCUT2D eigenvalue weighted by Crippen LogP contribution is -2.50. The van der Waals surface area contributed by atoms with Crippen LogP contribution in [0.3, 0.4) is 0 Å². The number of carbonyl (C=O) groups is 2. The molecule has 6 nitrogen and oxygen atoms in total. The van der Waals surface area contributed by atoms with Crippen molar-refractivity contribution in [2.75, 3.05) is 19.7 Å². The molecule has 0 radical (unpaired) electrons. The number of rotatable bonds is 6. The molecule has 2 aliphatic rings. The minimum atomic E-state index is -0.899. The number of hydrogen-bond donors (Lipinski definition) is 1. The zero-order valence-corrected chi connectivity index (χ0v) is 14.2. The van der Waals surface area contributed by atoms with Gasteiger partial charge in [-0.05, 0) is 25.2 Å². The topological polar surface area (TPSA) is 76.1 Å². The summed E-state index contributed by atoms with van der Waals surface area (Å²) in [5.74, 6) is -0.266. The lowest BCUT2D eigenvalue weighted by molar-refractivity contribution is -0.159. The Kier molecular flexibility index (Phi) is 6.84.